The number of azo groups is 1. The number of phenols is 1. The molecule has 2 aromatic rings. The largest absolute Gasteiger partial charge is 0.508 e. The zero-order chi connectivity index (χ0) is 17.1. The van der Waals surface area contributed by atoms with Crippen molar-refractivity contribution in [3.05, 3.63) is 61.1 Å². The number of benzene rings is 2. The van der Waals surface area contributed by atoms with E-state index >= 15 is 0 Å². The summed E-state index contributed by atoms with van der Waals surface area (Å²) in [4.78, 5) is 20.6. The third kappa shape index (κ3) is 3.40. The van der Waals surface area contributed by atoms with E-state index in [0.717, 1.165) is 6.07 Å². The molecule has 0 radical (unpaired) electrons. The smallest absolute Gasteiger partial charge is 0.308 e. The first-order chi connectivity index (χ1) is 10.8. The van der Waals surface area contributed by atoms with E-state index in [2.05, 4.69) is 10.2 Å². The normalized spacial score (nSPS) is 10.9. The number of aromatic hydroxyl groups is 1. The third-order valence-electron chi connectivity index (χ3n) is 2.95. The fraction of sp³-hybridized carbons (Fsp3) is 0.0769. The highest BCUT2D eigenvalue weighted by molar-refractivity contribution is 6.33. The van der Waals surface area contributed by atoms with Crippen molar-refractivity contribution in [2.24, 2.45) is 10.2 Å². The van der Waals surface area contributed by atoms with Gasteiger partial charge in [0.25, 0.3) is 5.69 Å². The van der Waals surface area contributed by atoms with Crippen LogP contribution in [0.25, 0.3) is 0 Å². The average Bonchev–Trinajstić information content (AvgIpc) is 2.48. The second-order valence-electron chi connectivity index (χ2n) is 4.43. The molecule has 0 fully saturated rings. The van der Waals surface area contributed by atoms with Crippen LogP contribution in [0.15, 0.2) is 40.6 Å². The molecule has 23 heavy (non-hydrogen) atoms. The van der Waals surface area contributed by atoms with Gasteiger partial charge in [0.15, 0.2) is 5.69 Å². The lowest BCUT2D eigenvalue weighted by molar-refractivity contribution is -0.394. The molecule has 0 atom stereocenters. The summed E-state index contributed by atoms with van der Waals surface area (Å²) in [5.74, 6) is 0.0270. The highest BCUT2D eigenvalue weighted by Crippen LogP contribution is 2.43. The number of hydrogen-bond acceptors (Lipinski definition) is 7. The molecule has 0 amide bonds. The molecule has 2 rings (SSSR count). The minimum Gasteiger partial charge on any atom is -0.508 e. The minimum atomic E-state index is -0.792. The van der Waals surface area contributed by atoms with Crippen molar-refractivity contribution in [1.82, 2.24) is 0 Å². The monoisotopic (exact) mass is 336 g/mol. The molecule has 9 nitrogen and oxygen atoms in total. The van der Waals surface area contributed by atoms with Crippen molar-refractivity contribution in [2.75, 3.05) is 0 Å². The van der Waals surface area contributed by atoms with Crippen molar-refractivity contribution in [2.45, 2.75) is 6.92 Å². The van der Waals surface area contributed by atoms with Gasteiger partial charge >= 0.3 is 5.69 Å². The second-order valence-corrected chi connectivity index (χ2v) is 4.84. The van der Waals surface area contributed by atoms with Gasteiger partial charge in [-0.25, -0.2) is 0 Å². The molecule has 0 saturated heterocycles. The van der Waals surface area contributed by atoms with Gasteiger partial charge in [-0.05, 0) is 31.2 Å². The van der Waals surface area contributed by atoms with E-state index in [-0.39, 0.29) is 22.0 Å². The van der Waals surface area contributed by atoms with Gasteiger partial charge in [0, 0.05) is 6.07 Å². The predicted octanol–water partition coefficient (Wildman–Crippen LogP) is 4.59. The van der Waals surface area contributed by atoms with Crippen molar-refractivity contribution in [3.63, 3.8) is 0 Å². The fourth-order valence-corrected chi connectivity index (χ4v) is 2.07. The molecule has 10 heteroatoms. The Kier molecular flexibility index (Phi) is 4.51. The molecule has 0 aliphatic carbocycles. The minimum absolute atomic E-state index is 0.0270. The van der Waals surface area contributed by atoms with Gasteiger partial charge in [-0.2, -0.15) is 5.11 Å². The molecular weight excluding hydrogens is 328 g/mol. The van der Waals surface area contributed by atoms with E-state index in [4.69, 9.17) is 11.6 Å². The third-order valence-corrected chi connectivity index (χ3v) is 3.24. The summed E-state index contributed by atoms with van der Waals surface area (Å²) in [5.41, 5.74) is -1.15. The van der Waals surface area contributed by atoms with E-state index in [9.17, 15) is 25.3 Å². The Morgan fingerprint density at radius 2 is 1.70 bits per heavy atom. The Balaban J connectivity index is 2.57. The Labute approximate surface area is 134 Å². The number of nitrogens with zero attached hydrogens (tertiary/aromatic N) is 4. The molecular formula is C13H9ClN4O5. The number of halogens is 1. The van der Waals surface area contributed by atoms with Crippen LogP contribution in [0.1, 0.15) is 5.56 Å². The molecule has 1 N–H and O–H groups in total. The molecule has 0 aliphatic heterocycles. The van der Waals surface area contributed by atoms with Crippen LogP contribution in [0.5, 0.6) is 5.75 Å². The summed E-state index contributed by atoms with van der Waals surface area (Å²) >= 11 is 5.88. The first-order valence-corrected chi connectivity index (χ1v) is 6.51. The van der Waals surface area contributed by atoms with E-state index in [1.165, 1.54) is 31.2 Å². The topological polar surface area (TPSA) is 131 Å². The Hall–Kier alpha value is -3.07. The second kappa shape index (κ2) is 6.36. The van der Waals surface area contributed by atoms with Crippen molar-refractivity contribution < 1.29 is 15.0 Å². The summed E-state index contributed by atoms with van der Waals surface area (Å²) in [6.45, 7) is 1.24. The number of nitro groups is 2. The summed E-state index contributed by atoms with van der Waals surface area (Å²) in [6.07, 6.45) is 0. The van der Waals surface area contributed by atoms with Crippen LogP contribution in [0.3, 0.4) is 0 Å². The van der Waals surface area contributed by atoms with E-state index in [1.54, 1.807) is 0 Å². The van der Waals surface area contributed by atoms with Crippen LogP contribution < -0.4 is 0 Å². The van der Waals surface area contributed by atoms with Gasteiger partial charge in [-0.3, -0.25) is 20.2 Å². The lowest BCUT2D eigenvalue weighted by Gasteiger charge is -2.04. The molecule has 0 bridgehead atoms. The summed E-state index contributed by atoms with van der Waals surface area (Å²) < 4.78 is 0. The van der Waals surface area contributed by atoms with Crippen LogP contribution in [0.4, 0.5) is 22.7 Å². The van der Waals surface area contributed by atoms with Gasteiger partial charge < -0.3 is 5.11 Å². The summed E-state index contributed by atoms with van der Waals surface area (Å²) in [5, 5.41) is 38.6. The standard InChI is InChI=1S/C13H9ClN4O5/c1-7-11(17(20)21)6-10(14)12(13(7)18(22)23)16-15-8-2-4-9(19)5-3-8/h2-6,19H,1H3. The lowest BCUT2D eigenvalue weighted by atomic mass is 10.1. The SMILES string of the molecule is Cc1c([N+](=O)[O-])cc(Cl)c(N=Nc2ccc(O)cc2)c1[N+](=O)[O-]. The van der Waals surface area contributed by atoms with Crippen LogP contribution in [-0.2, 0) is 0 Å². The van der Waals surface area contributed by atoms with Gasteiger partial charge in [0.2, 0.25) is 0 Å². The molecule has 0 heterocycles. The Bertz CT molecular complexity index is 820. The van der Waals surface area contributed by atoms with Gasteiger partial charge in [-0.1, -0.05) is 11.6 Å². The maximum Gasteiger partial charge on any atom is 0.308 e. The molecule has 2 aromatic carbocycles. The zero-order valence-electron chi connectivity index (χ0n) is 11.6. The van der Waals surface area contributed by atoms with Crippen LogP contribution in [0, 0.1) is 27.2 Å². The number of hydrogen-bond donors (Lipinski definition) is 1. The van der Waals surface area contributed by atoms with Crippen molar-refractivity contribution >= 4 is 34.4 Å². The van der Waals surface area contributed by atoms with Gasteiger partial charge in [0.1, 0.15) is 11.3 Å². The molecule has 0 aliphatic rings. The number of nitro benzene ring substituents is 2. The maximum absolute atomic E-state index is 11.2. The zero-order valence-corrected chi connectivity index (χ0v) is 12.4. The van der Waals surface area contributed by atoms with Gasteiger partial charge in [-0.15, -0.1) is 5.11 Å². The molecule has 118 valence electrons. The quantitative estimate of drug-likeness (QED) is 0.495. The van der Waals surface area contributed by atoms with Crippen molar-refractivity contribution in [1.29, 1.82) is 0 Å². The van der Waals surface area contributed by atoms with Crippen molar-refractivity contribution in [3.8, 4) is 5.75 Å². The Morgan fingerprint density at radius 3 is 2.22 bits per heavy atom. The Morgan fingerprint density at radius 1 is 1.09 bits per heavy atom. The maximum atomic E-state index is 11.2. The van der Waals surface area contributed by atoms with Gasteiger partial charge in [0.05, 0.1) is 20.6 Å². The predicted molar refractivity (Wildman–Crippen MR) is 81.8 cm³/mol. The number of phenolic OH excluding ortho intramolecular Hbond substituents is 1. The highest BCUT2D eigenvalue weighted by Gasteiger charge is 2.29. The van der Waals surface area contributed by atoms with E-state index in [1.807, 2.05) is 0 Å². The van der Waals surface area contributed by atoms with E-state index < -0.39 is 21.2 Å². The molecule has 0 aromatic heterocycles. The number of rotatable bonds is 4. The fourth-order valence-electron chi connectivity index (χ4n) is 1.84. The lowest BCUT2D eigenvalue weighted by Crippen LogP contribution is -1.98. The first kappa shape index (κ1) is 16.3. The molecule has 0 saturated carbocycles. The molecule has 0 spiro atoms. The molecule has 0 unspecified atom stereocenters. The highest BCUT2D eigenvalue weighted by atomic mass is 35.5. The van der Waals surface area contributed by atoms with Crippen LogP contribution in [-0.4, -0.2) is 15.0 Å². The summed E-state index contributed by atoms with van der Waals surface area (Å²) in [6, 6.07) is 6.61. The summed E-state index contributed by atoms with van der Waals surface area (Å²) in [7, 11) is 0. The first-order valence-electron chi connectivity index (χ1n) is 6.14. The average molecular weight is 337 g/mol. The van der Waals surface area contributed by atoms with E-state index in [0.29, 0.717) is 5.69 Å². The van der Waals surface area contributed by atoms with Crippen LogP contribution in [0.2, 0.25) is 5.02 Å². The van der Waals surface area contributed by atoms with Crippen LogP contribution >= 0.6 is 11.6 Å².